The summed E-state index contributed by atoms with van der Waals surface area (Å²) < 4.78 is 39.6. The molecule has 0 saturated carbocycles. The van der Waals surface area contributed by atoms with Crippen molar-refractivity contribution < 1.29 is 37.1 Å². The number of hydrogen-bond acceptors (Lipinski definition) is 8. The molecular weight excluding hydrogens is 717 g/mol. The van der Waals surface area contributed by atoms with E-state index < -0.39 is 33.6 Å². The van der Waals surface area contributed by atoms with E-state index in [-0.39, 0.29) is 34.4 Å². The fourth-order valence-electron chi connectivity index (χ4n) is 6.06. The van der Waals surface area contributed by atoms with Gasteiger partial charge in [0.25, 0.3) is 11.8 Å². The van der Waals surface area contributed by atoms with Crippen molar-refractivity contribution in [1.82, 2.24) is 0 Å². The number of ether oxygens (including phenoxy) is 2. The minimum atomic E-state index is -4.32. The Labute approximate surface area is 323 Å². The zero-order valence-electron chi connectivity index (χ0n) is 32.7. The molecule has 11 heteroatoms. The summed E-state index contributed by atoms with van der Waals surface area (Å²) in [5.41, 5.74) is 7.39. The summed E-state index contributed by atoms with van der Waals surface area (Å²) in [5.74, 6) is -1.92. The number of nitrogens with one attached hydrogen (secondary N) is 2. The predicted octanol–water partition coefficient (Wildman–Crippen LogP) is 8.20. The van der Waals surface area contributed by atoms with E-state index in [0.29, 0.717) is 57.4 Å². The number of carbonyl (C=O) groups excluding carboxylic acids is 4. The maximum atomic E-state index is 14.5. The first-order chi connectivity index (χ1) is 25.8. The van der Waals surface area contributed by atoms with E-state index in [1.165, 1.54) is 12.1 Å². The number of amides is 2. The summed E-state index contributed by atoms with van der Waals surface area (Å²) in [6.07, 6.45) is 0.894. The zero-order valence-corrected chi connectivity index (χ0v) is 33.5. The summed E-state index contributed by atoms with van der Waals surface area (Å²) in [5, 5.41) is 5.72. The van der Waals surface area contributed by atoms with E-state index in [1.54, 1.807) is 77.9 Å². The van der Waals surface area contributed by atoms with Gasteiger partial charge in [-0.15, -0.1) is 0 Å². The lowest BCUT2D eigenvalue weighted by atomic mass is 9.97. The van der Waals surface area contributed by atoms with Gasteiger partial charge >= 0.3 is 11.9 Å². The van der Waals surface area contributed by atoms with E-state index in [0.717, 1.165) is 22.3 Å². The first-order valence-corrected chi connectivity index (χ1v) is 19.2. The van der Waals surface area contributed by atoms with E-state index in [1.807, 2.05) is 26.0 Å². The normalized spacial score (nSPS) is 11.1. The summed E-state index contributed by atoms with van der Waals surface area (Å²) >= 11 is 0. The molecule has 4 aromatic rings. The van der Waals surface area contributed by atoms with Crippen molar-refractivity contribution in [1.29, 1.82) is 0 Å². The molecule has 0 aliphatic heterocycles. The smallest absolute Gasteiger partial charge is 0.333 e. The highest BCUT2D eigenvalue weighted by molar-refractivity contribution is 7.91. The summed E-state index contributed by atoms with van der Waals surface area (Å²) in [7, 11) is -4.32. The molecule has 2 amide bonds. The van der Waals surface area contributed by atoms with E-state index >= 15 is 0 Å². The third-order valence-corrected chi connectivity index (χ3v) is 11.1. The summed E-state index contributed by atoms with van der Waals surface area (Å²) in [6.45, 7) is 21.3. The van der Waals surface area contributed by atoms with Crippen LogP contribution in [0.1, 0.15) is 79.1 Å². The Morgan fingerprint density at radius 1 is 0.564 bits per heavy atom. The molecule has 0 radical (unpaired) electrons. The Balaban J connectivity index is 1.62. The third-order valence-electron chi connectivity index (χ3n) is 9.29. The van der Waals surface area contributed by atoms with Gasteiger partial charge in [-0.05, 0) is 124 Å². The molecule has 0 bridgehead atoms. The Hall–Kier alpha value is -5.81. The Bertz CT molecular complexity index is 2180. The van der Waals surface area contributed by atoms with Crippen molar-refractivity contribution in [2.24, 2.45) is 0 Å². The van der Waals surface area contributed by atoms with Gasteiger partial charge < -0.3 is 20.1 Å². The van der Waals surface area contributed by atoms with Crippen LogP contribution in [0.5, 0.6) is 0 Å². The number of sulfone groups is 1. The average Bonchev–Trinajstić information content (AvgIpc) is 3.11. The van der Waals surface area contributed by atoms with Gasteiger partial charge in [0.1, 0.15) is 0 Å². The van der Waals surface area contributed by atoms with Crippen LogP contribution in [0.25, 0.3) is 0 Å². The highest BCUT2D eigenvalue weighted by Crippen LogP contribution is 2.36. The standard InChI is InChI=1S/C44H48N2O8S/c1-25(2)43(49)53-19-17-33-21-31(9)35(23-29(33)7)41(47)45-39-27(5)13-11-15-37(39)55(51,52)38-16-12-14-28(6)40(38)46-42(48)36-24-30(8)34(22-32(36)10)18-20-54-44(50)26(3)4/h11-16,21-24H,1,3,17-20H2,2,4-10H3,(H,45,47)(H,46,48). The minimum absolute atomic E-state index is 0.120. The molecule has 0 fully saturated rings. The highest BCUT2D eigenvalue weighted by atomic mass is 32.2. The van der Waals surface area contributed by atoms with Gasteiger partial charge in [0.05, 0.1) is 34.4 Å². The second-order valence-corrected chi connectivity index (χ2v) is 15.7. The second-order valence-electron chi connectivity index (χ2n) is 13.8. The van der Waals surface area contributed by atoms with Crippen molar-refractivity contribution in [3.63, 3.8) is 0 Å². The highest BCUT2D eigenvalue weighted by Gasteiger charge is 2.28. The van der Waals surface area contributed by atoms with Gasteiger partial charge in [-0.3, -0.25) is 9.59 Å². The second kappa shape index (κ2) is 17.6. The van der Waals surface area contributed by atoms with Crippen LogP contribution in [-0.4, -0.2) is 45.4 Å². The quantitative estimate of drug-likeness (QED) is 0.0966. The molecule has 4 rings (SSSR count). The van der Waals surface area contributed by atoms with Crippen LogP contribution in [0.2, 0.25) is 0 Å². The molecule has 2 N–H and O–H groups in total. The Morgan fingerprint density at radius 3 is 1.27 bits per heavy atom. The fraction of sp³-hybridized carbons (Fsp3) is 0.273. The third kappa shape index (κ3) is 9.85. The van der Waals surface area contributed by atoms with Gasteiger partial charge in [-0.2, -0.15) is 0 Å². The van der Waals surface area contributed by atoms with Crippen LogP contribution in [0.4, 0.5) is 11.4 Å². The molecule has 10 nitrogen and oxygen atoms in total. The molecule has 0 aliphatic carbocycles. The van der Waals surface area contributed by atoms with Crippen LogP contribution in [0, 0.1) is 41.5 Å². The topological polar surface area (TPSA) is 145 Å². The number of para-hydroxylation sites is 2. The van der Waals surface area contributed by atoms with Gasteiger partial charge in [0.15, 0.2) is 0 Å². The molecule has 0 heterocycles. The van der Waals surface area contributed by atoms with Crippen LogP contribution >= 0.6 is 0 Å². The summed E-state index contributed by atoms with van der Waals surface area (Å²) in [6, 6.07) is 16.7. The van der Waals surface area contributed by atoms with E-state index in [4.69, 9.17) is 9.47 Å². The van der Waals surface area contributed by atoms with Gasteiger partial charge in [0, 0.05) is 35.1 Å². The molecule has 4 aromatic carbocycles. The SMILES string of the molecule is C=C(C)C(=O)OCCc1cc(C)c(C(=O)Nc2c(C)cccc2S(=O)(=O)c2cccc(C)c2NC(=O)c2cc(C)c(CCOC(=O)C(=C)C)cc2C)cc1C. The average molecular weight is 765 g/mol. The maximum absolute atomic E-state index is 14.5. The van der Waals surface area contributed by atoms with E-state index in [9.17, 15) is 27.6 Å². The van der Waals surface area contributed by atoms with E-state index in [2.05, 4.69) is 23.8 Å². The van der Waals surface area contributed by atoms with Gasteiger partial charge in [0.2, 0.25) is 9.84 Å². The number of benzene rings is 4. The number of anilines is 2. The number of hydrogen-bond donors (Lipinski definition) is 2. The fourth-order valence-corrected chi connectivity index (χ4v) is 7.78. The van der Waals surface area contributed by atoms with Crippen molar-refractivity contribution in [2.45, 2.75) is 78.0 Å². The van der Waals surface area contributed by atoms with Crippen molar-refractivity contribution in [3.05, 3.63) is 141 Å². The molecule has 0 aliphatic rings. The lowest BCUT2D eigenvalue weighted by Gasteiger charge is -2.19. The monoisotopic (exact) mass is 764 g/mol. The van der Waals surface area contributed by atoms with Crippen LogP contribution in [-0.2, 0) is 41.7 Å². The number of esters is 2. The number of aryl methyl sites for hydroxylation is 6. The first kappa shape index (κ1) is 41.9. The Morgan fingerprint density at radius 2 is 0.927 bits per heavy atom. The molecule has 0 saturated heterocycles. The number of rotatable bonds is 14. The molecule has 0 unspecified atom stereocenters. The molecule has 288 valence electrons. The van der Waals surface area contributed by atoms with Crippen molar-refractivity contribution in [3.8, 4) is 0 Å². The van der Waals surface area contributed by atoms with Crippen LogP contribution in [0.3, 0.4) is 0 Å². The largest absolute Gasteiger partial charge is 0.462 e. The Kier molecular flexibility index (Phi) is 13.4. The van der Waals surface area contributed by atoms with Gasteiger partial charge in [-0.1, -0.05) is 49.6 Å². The first-order valence-electron chi connectivity index (χ1n) is 17.8. The summed E-state index contributed by atoms with van der Waals surface area (Å²) in [4.78, 5) is 50.9. The lowest BCUT2D eigenvalue weighted by molar-refractivity contribution is -0.139. The minimum Gasteiger partial charge on any atom is -0.462 e. The maximum Gasteiger partial charge on any atom is 0.333 e. The molecular formula is C44H48N2O8S. The number of carbonyl (C=O) groups is 4. The molecule has 55 heavy (non-hydrogen) atoms. The predicted molar refractivity (Wildman–Crippen MR) is 215 cm³/mol. The molecule has 0 aromatic heterocycles. The van der Waals surface area contributed by atoms with Crippen LogP contribution < -0.4 is 10.6 Å². The molecule has 0 atom stereocenters. The van der Waals surface area contributed by atoms with Crippen LogP contribution in [0.15, 0.2) is 94.8 Å². The van der Waals surface area contributed by atoms with Gasteiger partial charge in [-0.25, -0.2) is 18.0 Å². The zero-order chi connectivity index (χ0) is 40.8. The van der Waals surface area contributed by atoms with Crippen molar-refractivity contribution in [2.75, 3.05) is 23.8 Å². The lowest BCUT2D eigenvalue weighted by Crippen LogP contribution is -2.20. The molecule has 0 spiro atoms. The van der Waals surface area contributed by atoms with Crippen molar-refractivity contribution >= 4 is 45.0 Å².